The van der Waals surface area contributed by atoms with Crippen LogP contribution in [0.5, 0.6) is 0 Å². The molecule has 0 bridgehead atoms. The van der Waals surface area contributed by atoms with E-state index in [1.165, 1.54) is 0 Å². The molecule has 0 radical (unpaired) electrons. The molecular weight excluding hydrogens is 250 g/mol. The number of halogens is 1. The first-order valence-corrected chi connectivity index (χ1v) is 6.51. The van der Waals surface area contributed by atoms with Gasteiger partial charge in [0.25, 0.3) is 0 Å². The Morgan fingerprint density at radius 1 is 1.44 bits per heavy atom. The summed E-state index contributed by atoms with van der Waals surface area (Å²) >= 11 is 5.97. The Morgan fingerprint density at radius 2 is 2.17 bits per heavy atom. The first-order valence-electron chi connectivity index (χ1n) is 6.07. The van der Waals surface area contributed by atoms with E-state index < -0.39 is 0 Å². The Hall–Kier alpha value is -1.06. The van der Waals surface area contributed by atoms with Gasteiger partial charge in [0.15, 0.2) is 0 Å². The van der Waals surface area contributed by atoms with Crippen molar-refractivity contribution in [3.8, 4) is 0 Å². The van der Waals surface area contributed by atoms with Gasteiger partial charge in [-0.15, -0.1) is 11.6 Å². The van der Waals surface area contributed by atoms with Crippen LogP contribution >= 0.6 is 11.6 Å². The molecule has 1 rings (SSSR count). The Morgan fingerprint density at radius 3 is 2.83 bits per heavy atom. The lowest BCUT2D eigenvalue weighted by molar-refractivity contribution is -0.120. The van der Waals surface area contributed by atoms with Crippen molar-refractivity contribution in [3.05, 3.63) is 35.4 Å². The van der Waals surface area contributed by atoms with Crippen molar-refractivity contribution in [3.63, 3.8) is 0 Å². The van der Waals surface area contributed by atoms with Crippen LogP contribution in [0.2, 0.25) is 0 Å². The maximum absolute atomic E-state index is 11.7. The van der Waals surface area contributed by atoms with Gasteiger partial charge >= 0.3 is 0 Å². The topological polar surface area (TPSA) is 38.3 Å². The number of carbonyl (C=O) groups is 1. The number of carbonyl (C=O) groups excluding carboxylic acids is 1. The fraction of sp³-hybridized carbons (Fsp3) is 0.500. The summed E-state index contributed by atoms with van der Waals surface area (Å²) in [5.74, 6) is 0.0329. The number of alkyl halides is 1. The van der Waals surface area contributed by atoms with Gasteiger partial charge in [0.1, 0.15) is 0 Å². The normalized spacial score (nSPS) is 12.2. The second-order valence-electron chi connectivity index (χ2n) is 4.29. The minimum absolute atomic E-state index is 0.0329. The molecule has 0 saturated heterocycles. The molecule has 0 aromatic heterocycles. The monoisotopic (exact) mass is 269 g/mol. The van der Waals surface area contributed by atoms with Crippen molar-refractivity contribution in [2.24, 2.45) is 0 Å². The number of nitrogens with one attached hydrogen (secondary N) is 1. The molecule has 3 nitrogen and oxygen atoms in total. The zero-order valence-electron chi connectivity index (χ0n) is 10.9. The summed E-state index contributed by atoms with van der Waals surface area (Å²) in [5.41, 5.74) is 2.21. The molecule has 0 saturated carbocycles. The molecule has 1 N–H and O–H groups in total. The molecule has 0 aliphatic carbocycles. The lowest BCUT2D eigenvalue weighted by Gasteiger charge is -2.10. The van der Waals surface area contributed by atoms with Gasteiger partial charge in [0, 0.05) is 13.7 Å². The summed E-state index contributed by atoms with van der Waals surface area (Å²) in [4.78, 5) is 11.7. The van der Waals surface area contributed by atoms with Gasteiger partial charge in [-0.25, -0.2) is 0 Å². The third kappa shape index (κ3) is 5.52. The Balaban J connectivity index is 2.28. The molecule has 0 aliphatic heterocycles. The average molecular weight is 270 g/mol. The van der Waals surface area contributed by atoms with Crippen molar-refractivity contribution in [2.45, 2.75) is 25.1 Å². The highest BCUT2D eigenvalue weighted by Gasteiger charge is 2.07. The number of benzene rings is 1. The van der Waals surface area contributed by atoms with Gasteiger partial charge in [-0.2, -0.15) is 0 Å². The molecule has 0 fully saturated rings. The summed E-state index contributed by atoms with van der Waals surface area (Å²) in [6, 6.07) is 7.91. The summed E-state index contributed by atoms with van der Waals surface area (Å²) < 4.78 is 4.93. The molecular formula is C14H20ClNO2. The van der Waals surface area contributed by atoms with Crippen LogP contribution in [0.4, 0.5) is 0 Å². The van der Waals surface area contributed by atoms with Gasteiger partial charge in [-0.1, -0.05) is 24.3 Å². The van der Waals surface area contributed by atoms with Crippen LogP contribution in [-0.2, 0) is 16.0 Å². The Kier molecular flexibility index (Phi) is 6.76. The Bertz CT molecular complexity index is 382. The van der Waals surface area contributed by atoms with E-state index in [0.29, 0.717) is 19.6 Å². The van der Waals surface area contributed by atoms with Gasteiger partial charge < -0.3 is 10.1 Å². The first-order chi connectivity index (χ1) is 8.63. The summed E-state index contributed by atoms with van der Waals surface area (Å²) in [5, 5.41) is 2.82. The van der Waals surface area contributed by atoms with Crippen LogP contribution in [-0.4, -0.2) is 31.5 Å². The van der Waals surface area contributed by atoms with Crippen LogP contribution in [0.25, 0.3) is 0 Å². The number of rotatable bonds is 7. The zero-order valence-corrected chi connectivity index (χ0v) is 11.7. The van der Waals surface area contributed by atoms with Crippen molar-refractivity contribution >= 4 is 17.5 Å². The maximum Gasteiger partial charge on any atom is 0.224 e. The minimum Gasteiger partial charge on any atom is -0.383 e. The van der Waals surface area contributed by atoms with Gasteiger partial charge in [0.2, 0.25) is 5.91 Å². The van der Waals surface area contributed by atoms with E-state index in [1.54, 1.807) is 7.11 Å². The quantitative estimate of drug-likeness (QED) is 0.772. The van der Waals surface area contributed by atoms with Crippen LogP contribution in [0.1, 0.15) is 17.5 Å². The summed E-state index contributed by atoms with van der Waals surface area (Å²) in [6.07, 6.45) is 1.14. The highest BCUT2D eigenvalue weighted by molar-refractivity contribution is 6.20. The smallest absolute Gasteiger partial charge is 0.224 e. The molecule has 1 aromatic carbocycles. The maximum atomic E-state index is 11.7. The number of hydrogen-bond donors (Lipinski definition) is 1. The van der Waals surface area contributed by atoms with E-state index in [2.05, 4.69) is 5.32 Å². The second kappa shape index (κ2) is 8.11. The number of methoxy groups -OCH3 is 1. The Labute approximate surface area is 113 Å². The molecule has 0 aliphatic rings. The fourth-order valence-corrected chi connectivity index (χ4v) is 1.91. The second-order valence-corrected chi connectivity index (χ2v) is 4.91. The van der Waals surface area contributed by atoms with E-state index in [4.69, 9.17) is 16.3 Å². The summed E-state index contributed by atoms with van der Waals surface area (Å²) in [6.45, 7) is 3.10. The molecule has 0 spiro atoms. The van der Waals surface area contributed by atoms with E-state index in [0.717, 1.165) is 17.5 Å². The van der Waals surface area contributed by atoms with Crippen molar-refractivity contribution in [1.82, 2.24) is 5.32 Å². The standard InChI is InChI=1S/C14H20ClNO2/c1-11-5-3-4-6-12(11)9-14(17)16-8-7-13(15)10-18-2/h3-6,13H,7-10H2,1-2H3,(H,16,17). The third-order valence-corrected chi connectivity index (χ3v) is 3.08. The van der Waals surface area contributed by atoms with Crippen LogP contribution < -0.4 is 5.32 Å². The molecule has 4 heteroatoms. The molecule has 1 atom stereocenters. The van der Waals surface area contributed by atoms with E-state index >= 15 is 0 Å². The third-order valence-electron chi connectivity index (χ3n) is 2.74. The lowest BCUT2D eigenvalue weighted by Crippen LogP contribution is -2.28. The first kappa shape index (κ1) is 15.0. The number of ether oxygens (including phenoxy) is 1. The van der Waals surface area contributed by atoms with Crippen LogP contribution in [0, 0.1) is 6.92 Å². The van der Waals surface area contributed by atoms with E-state index in [9.17, 15) is 4.79 Å². The van der Waals surface area contributed by atoms with E-state index in [-0.39, 0.29) is 11.3 Å². The molecule has 1 unspecified atom stereocenters. The molecule has 100 valence electrons. The minimum atomic E-state index is -0.0474. The fourth-order valence-electron chi connectivity index (χ4n) is 1.68. The number of amides is 1. The predicted octanol–water partition coefficient (Wildman–Crippen LogP) is 2.30. The predicted molar refractivity (Wildman–Crippen MR) is 74.0 cm³/mol. The largest absolute Gasteiger partial charge is 0.383 e. The molecule has 18 heavy (non-hydrogen) atoms. The van der Waals surface area contributed by atoms with Gasteiger partial charge in [0.05, 0.1) is 18.4 Å². The highest BCUT2D eigenvalue weighted by atomic mass is 35.5. The highest BCUT2D eigenvalue weighted by Crippen LogP contribution is 2.07. The lowest BCUT2D eigenvalue weighted by atomic mass is 10.1. The molecule has 0 heterocycles. The van der Waals surface area contributed by atoms with Gasteiger partial charge in [-0.05, 0) is 24.5 Å². The molecule has 1 amide bonds. The molecule has 1 aromatic rings. The van der Waals surface area contributed by atoms with E-state index in [1.807, 2.05) is 31.2 Å². The summed E-state index contributed by atoms with van der Waals surface area (Å²) in [7, 11) is 1.62. The number of hydrogen-bond acceptors (Lipinski definition) is 2. The SMILES string of the molecule is COCC(Cl)CCNC(=O)Cc1ccccc1C. The zero-order chi connectivity index (χ0) is 13.4. The average Bonchev–Trinajstić information content (AvgIpc) is 2.32. The van der Waals surface area contributed by atoms with Crippen LogP contribution in [0.3, 0.4) is 0 Å². The van der Waals surface area contributed by atoms with Gasteiger partial charge in [-0.3, -0.25) is 4.79 Å². The van der Waals surface area contributed by atoms with Crippen molar-refractivity contribution in [1.29, 1.82) is 0 Å². The number of aryl methyl sites for hydroxylation is 1. The van der Waals surface area contributed by atoms with Crippen molar-refractivity contribution < 1.29 is 9.53 Å². The van der Waals surface area contributed by atoms with Crippen molar-refractivity contribution in [2.75, 3.05) is 20.3 Å². The van der Waals surface area contributed by atoms with Crippen LogP contribution in [0.15, 0.2) is 24.3 Å².